The van der Waals surface area contributed by atoms with Gasteiger partial charge < -0.3 is 35.4 Å². The summed E-state index contributed by atoms with van der Waals surface area (Å²) in [6, 6.07) is 1.56. The largest absolute Gasteiger partial charge is 0.496 e. The molecule has 0 saturated heterocycles. The van der Waals surface area contributed by atoms with Crippen LogP contribution in [0.4, 0.5) is 0 Å². The highest BCUT2D eigenvalue weighted by molar-refractivity contribution is 7.99. The Hall–Kier alpha value is -5.80. The summed E-state index contributed by atoms with van der Waals surface area (Å²) in [7, 11) is 6.89. The van der Waals surface area contributed by atoms with Gasteiger partial charge in [0.2, 0.25) is 0 Å². The smallest absolute Gasteiger partial charge is 0.354 e. The minimum absolute atomic E-state index is 0.0301. The fourth-order valence-electron chi connectivity index (χ4n) is 11.0. The van der Waals surface area contributed by atoms with Gasteiger partial charge in [-0.1, -0.05) is 0 Å². The van der Waals surface area contributed by atoms with Crippen LogP contribution in [0.5, 0.6) is 0 Å². The molecule has 15 heteroatoms. The summed E-state index contributed by atoms with van der Waals surface area (Å²) in [6.07, 6.45) is 3.71. The van der Waals surface area contributed by atoms with E-state index in [-0.39, 0.29) is 33.6 Å². The van der Waals surface area contributed by atoms with Crippen LogP contribution in [0.2, 0.25) is 0 Å². The number of ether oxygens (including phenoxy) is 1. The molecular weight excluding hydrogens is 745 g/mol. The SMILES string of the molecule is CNC1=C(C(=O)O)C2=NC(C(=O)O)=C3C4=c5c6c7c(c(C(=O)O)cc8c(SC)c(C(=O)O)c9nc%10c(c5c9c87)C3SC%10)=C(OC)C3=C(N(C)C)C=C1C(C24)C36. The van der Waals surface area contributed by atoms with Gasteiger partial charge in [0, 0.05) is 87.9 Å². The van der Waals surface area contributed by atoms with Gasteiger partial charge in [-0.15, -0.1) is 23.5 Å². The Morgan fingerprint density at radius 1 is 0.927 bits per heavy atom. The molecular formula is C40H28N4O9S2. The van der Waals surface area contributed by atoms with E-state index in [2.05, 4.69) is 5.32 Å². The number of methoxy groups -OCH3 is 1. The molecule has 11 rings (SSSR count). The molecule has 55 heavy (non-hydrogen) atoms. The van der Waals surface area contributed by atoms with E-state index in [1.165, 1.54) is 30.6 Å². The molecule has 3 aromatic carbocycles. The van der Waals surface area contributed by atoms with Crippen molar-refractivity contribution >= 4 is 96.9 Å². The number of nitrogens with one attached hydrogen (secondary N) is 1. The predicted molar refractivity (Wildman–Crippen MR) is 205 cm³/mol. The van der Waals surface area contributed by atoms with Crippen LogP contribution in [0.3, 0.4) is 0 Å². The number of aliphatic imine (C=N–C) groups is 1. The zero-order valence-corrected chi connectivity index (χ0v) is 31.3. The minimum atomic E-state index is -1.30. The first-order valence-corrected chi connectivity index (χ1v) is 19.7. The lowest BCUT2D eigenvalue weighted by Gasteiger charge is -2.52. The number of nitrogens with zero attached hydrogens (tertiary/aromatic N) is 3. The lowest BCUT2D eigenvalue weighted by atomic mass is 9.52. The highest BCUT2D eigenvalue weighted by Gasteiger charge is 2.59. The number of aliphatic carboxylic acids is 2. The van der Waals surface area contributed by atoms with Crippen LogP contribution in [0.25, 0.3) is 43.8 Å². The molecule has 0 amide bonds. The molecule has 0 radical (unpaired) electrons. The third-order valence-corrected chi connectivity index (χ3v) is 14.6. The first-order chi connectivity index (χ1) is 26.4. The molecule has 3 heterocycles. The molecule has 274 valence electrons. The highest BCUT2D eigenvalue weighted by atomic mass is 32.2. The number of rotatable bonds is 8. The molecule has 13 nitrogen and oxygen atoms in total. The van der Waals surface area contributed by atoms with Crippen LogP contribution in [0.1, 0.15) is 48.7 Å². The number of carboxylic acids is 4. The number of carbonyl (C=O) groups is 4. The number of likely N-dealkylation sites (N-methyl/N-ethyl adjacent to an activating group) is 2. The number of fused-ring (bicyclic) bond motifs is 1. The van der Waals surface area contributed by atoms with E-state index in [0.717, 1.165) is 22.1 Å². The van der Waals surface area contributed by atoms with Crippen molar-refractivity contribution in [2.45, 2.75) is 21.8 Å². The van der Waals surface area contributed by atoms with E-state index in [0.29, 0.717) is 82.2 Å². The molecule has 0 saturated carbocycles. The summed E-state index contributed by atoms with van der Waals surface area (Å²) in [5, 5.41) is 50.4. The van der Waals surface area contributed by atoms with Gasteiger partial charge >= 0.3 is 23.9 Å². The van der Waals surface area contributed by atoms with Crippen molar-refractivity contribution in [1.82, 2.24) is 15.2 Å². The first kappa shape index (κ1) is 32.6. The van der Waals surface area contributed by atoms with Crippen molar-refractivity contribution in [3.05, 3.63) is 89.9 Å². The Morgan fingerprint density at radius 2 is 1.67 bits per heavy atom. The van der Waals surface area contributed by atoms with Crippen LogP contribution in [0.15, 0.2) is 61.4 Å². The summed E-state index contributed by atoms with van der Waals surface area (Å²) in [5.41, 5.74) is 5.80. The van der Waals surface area contributed by atoms with Crippen molar-refractivity contribution in [3.8, 4) is 0 Å². The van der Waals surface area contributed by atoms with Crippen molar-refractivity contribution < 1.29 is 44.3 Å². The van der Waals surface area contributed by atoms with Crippen LogP contribution in [0, 0.1) is 11.8 Å². The van der Waals surface area contributed by atoms with Gasteiger partial charge in [-0.2, -0.15) is 0 Å². The fourth-order valence-corrected chi connectivity index (χ4v) is 13.1. The van der Waals surface area contributed by atoms with Crippen molar-refractivity contribution in [1.29, 1.82) is 0 Å². The van der Waals surface area contributed by atoms with Crippen molar-refractivity contribution in [2.75, 3.05) is 34.5 Å². The quantitative estimate of drug-likeness (QED) is 0.128. The van der Waals surface area contributed by atoms with Gasteiger partial charge in [-0.25, -0.2) is 24.2 Å². The average Bonchev–Trinajstić information content (AvgIpc) is 3.58. The number of pyridine rings is 1. The van der Waals surface area contributed by atoms with Crippen LogP contribution in [-0.4, -0.2) is 94.4 Å². The first-order valence-electron chi connectivity index (χ1n) is 17.4. The number of thioether (sulfide) groups is 2. The Balaban J connectivity index is 1.57. The maximum atomic E-state index is 13.5. The molecule has 5 aliphatic carbocycles. The maximum absolute atomic E-state index is 13.5. The molecule has 0 bridgehead atoms. The highest BCUT2D eigenvalue weighted by Crippen LogP contribution is 2.65. The van der Waals surface area contributed by atoms with Crippen molar-refractivity contribution in [3.63, 3.8) is 0 Å². The van der Waals surface area contributed by atoms with Gasteiger partial charge in [-0.05, 0) is 56.5 Å². The number of hydrogen-bond acceptors (Lipinski definition) is 11. The molecule has 7 aliphatic rings. The second kappa shape index (κ2) is 10.3. The lowest BCUT2D eigenvalue weighted by Crippen LogP contribution is -2.52. The van der Waals surface area contributed by atoms with E-state index >= 15 is 0 Å². The minimum Gasteiger partial charge on any atom is -0.496 e. The van der Waals surface area contributed by atoms with Gasteiger partial charge in [0.05, 0.1) is 46.1 Å². The summed E-state index contributed by atoms with van der Waals surface area (Å²) >= 11 is 2.72. The average molecular weight is 773 g/mol. The number of benzene rings is 3. The second-order valence-electron chi connectivity index (χ2n) is 14.8. The third kappa shape index (κ3) is 3.43. The van der Waals surface area contributed by atoms with Crippen molar-refractivity contribution in [2.24, 2.45) is 16.8 Å². The third-order valence-electron chi connectivity index (χ3n) is 12.5. The molecule has 0 spiro atoms. The van der Waals surface area contributed by atoms with Crippen LogP contribution >= 0.6 is 23.5 Å². The molecule has 0 fully saturated rings. The summed E-state index contributed by atoms with van der Waals surface area (Å²) in [4.78, 5) is 65.7. The van der Waals surface area contributed by atoms with Gasteiger partial charge in [0.15, 0.2) is 5.70 Å². The van der Waals surface area contributed by atoms with Gasteiger partial charge in [0.25, 0.3) is 0 Å². The maximum Gasteiger partial charge on any atom is 0.354 e. The monoisotopic (exact) mass is 772 g/mol. The Morgan fingerprint density at radius 3 is 2.29 bits per heavy atom. The zero-order chi connectivity index (χ0) is 38.4. The van der Waals surface area contributed by atoms with E-state index in [9.17, 15) is 39.6 Å². The van der Waals surface area contributed by atoms with E-state index in [4.69, 9.17) is 14.7 Å². The second-order valence-corrected chi connectivity index (χ2v) is 16.7. The van der Waals surface area contributed by atoms with E-state index in [1.54, 1.807) is 19.4 Å². The number of carboxylic acid groups (broad SMARTS) is 4. The Kier molecular flexibility index (Phi) is 6.10. The summed E-state index contributed by atoms with van der Waals surface area (Å²) in [5.74, 6) is -5.97. The van der Waals surface area contributed by atoms with Gasteiger partial charge in [-0.3, -0.25) is 4.98 Å². The zero-order valence-electron chi connectivity index (χ0n) is 29.7. The summed E-state index contributed by atoms with van der Waals surface area (Å²) < 4.78 is 6.32. The topological polar surface area (TPSA) is 199 Å². The van der Waals surface area contributed by atoms with E-state index < -0.39 is 46.9 Å². The number of allylic oxidation sites excluding steroid dienone is 2. The molecule has 4 unspecified atom stereocenters. The lowest BCUT2D eigenvalue weighted by molar-refractivity contribution is -0.133. The Bertz CT molecular complexity index is 3060. The fraction of sp³-hybridized carbons (Fsp3) is 0.250. The number of hydrogen-bond donors (Lipinski definition) is 5. The molecule has 5 N–H and O–H groups in total. The Labute approximate surface area is 318 Å². The standard InChI is InChI=1S/C40H28N4O9S2/c1-41-30-9-7-13(44(2)3)18-20-14(9)25-24-23-21-17-12(8-55-36(17)27(24)33(40(51)52)43-31(25)28(30)38(47)48)42-32-26(21)15-10(35(54-5)29(32)39(49)50)6-11(37(45)46)16(34(18)53-4)19(15)22(20)23/h6-7,14,20,25,36,41H,8H2,1-5H3,(H,45,46)(H,47,48)(H,49,50)(H,51,52). The molecule has 1 aromatic heterocycles. The normalized spacial score (nSPS) is 23.4. The molecule has 2 aliphatic heterocycles. The van der Waals surface area contributed by atoms with E-state index in [1.807, 2.05) is 25.1 Å². The molecule has 4 aromatic rings. The summed E-state index contributed by atoms with van der Waals surface area (Å²) in [6.45, 7) is 0. The van der Waals surface area contributed by atoms with Crippen LogP contribution < -0.4 is 15.8 Å². The predicted octanol–water partition coefficient (Wildman–Crippen LogP) is 3.77. The number of aromatic carboxylic acids is 2. The van der Waals surface area contributed by atoms with Gasteiger partial charge in [0.1, 0.15) is 11.3 Å². The number of aromatic nitrogens is 1. The molecule has 4 atom stereocenters. The van der Waals surface area contributed by atoms with Crippen LogP contribution in [-0.2, 0) is 20.1 Å².